The second-order valence-corrected chi connectivity index (χ2v) is 5.19. The van der Waals surface area contributed by atoms with Gasteiger partial charge in [-0.3, -0.25) is 0 Å². The fraction of sp³-hybridized carbons (Fsp3) is 0.600. The number of aliphatic hydroxyl groups is 1. The summed E-state index contributed by atoms with van der Waals surface area (Å²) in [6.45, 7) is 2.17. The van der Waals surface area contributed by atoms with E-state index in [4.69, 9.17) is 0 Å². The minimum absolute atomic E-state index is 0. The fourth-order valence-corrected chi connectivity index (χ4v) is 2.80. The normalized spacial score (nSPS) is 24.6. The van der Waals surface area contributed by atoms with Crippen molar-refractivity contribution in [3.05, 3.63) is 35.6 Å². The highest BCUT2D eigenvalue weighted by atomic mass is 35.5. The molecular weight excluding hydrogens is 265 g/mol. The zero-order chi connectivity index (χ0) is 13.0. The molecule has 1 aliphatic heterocycles. The second kappa shape index (κ2) is 7.83. The number of benzene rings is 1. The Labute approximate surface area is 120 Å². The third-order valence-corrected chi connectivity index (χ3v) is 3.73. The molecule has 0 saturated carbocycles. The highest BCUT2D eigenvalue weighted by Crippen LogP contribution is 2.26. The van der Waals surface area contributed by atoms with Gasteiger partial charge in [0, 0.05) is 12.1 Å². The Kier molecular flexibility index (Phi) is 6.76. The van der Waals surface area contributed by atoms with Crippen LogP contribution < -0.4 is 5.32 Å². The highest BCUT2D eigenvalue weighted by molar-refractivity contribution is 5.85. The molecule has 1 aromatic carbocycles. The van der Waals surface area contributed by atoms with Crippen molar-refractivity contribution in [2.45, 2.75) is 57.2 Å². The second-order valence-electron chi connectivity index (χ2n) is 5.19. The third kappa shape index (κ3) is 4.44. The van der Waals surface area contributed by atoms with Gasteiger partial charge in [-0.2, -0.15) is 0 Å². The van der Waals surface area contributed by atoms with Crippen LogP contribution in [0.4, 0.5) is 4.39 Å². The first-order valence-electron chi connectivity index (χ1n) is 6.90. The fourth-order valence-electron chi connectivity index (χ4n) is 2.80. The average molecular weight is 288 g/mol. The lowest BCUT2D eigenvalue weighted by Crippen LogP contribution is -2.45. The standard InChI is InChI=1S/C15H22FNO.ClH/c1-2-5-13-8-4-9-14(17-13)15(18)11-6-3-7-12(16)10-11;/h3,6-7,10,13-15,17-18H,2,4-5,8-9H2,1H3;1H/t13-,14+,15+;/m1./s1. The molecule has 2 nitrogen and oxygen atoms in total. The van der Waals surface area contributed by atoms with E-state index in [0.29, 0.717) is 11.6 Å². The molecule has 1 fully saturated rings. The van der Waals surface area contributed by atoms with E-state index in [1.807, 2.05) is 0 Å². The zero-order valence-electron chi connectivity index (χ0n) is 11.3. The first kappa shape index (κ1) is 16.4. The smallest absolute Gasteiger partial charge is 0.123 e. The molecule has 3 atom stereocenters. The first-order chi connectivity index (χ1) is 8.70. The predicted octanol–water partition coefficient (Wildman–Crippen LogP) is 3.59. The van der Waals surface area contributed by atoms with Crippen LogP contribution >= 0.6 is 12.4 Å². The Morgan fingerprint density at radius 2 is 2.21 bits per heavy atom. The summed E-state index contributed by atoms with van der Waals surface area (Å²) in [6, 6.07) is 6.83. The van der Waals surface area contributed by atoms with Gasteiger partial charge in [0.15, 0.2) is 0 Å². The quantitative estimate of drug-likeness (QED) is 0.887. The Morgan fingerprint density at radius 3 is 2.89 bits per heavy atom. The number of rotatable bonds is 4. The van der Waals surface area contributed by atoms with Gasteiger partial charge >= 0.3 is 0 Å². The van der Waals surface area contributed by atoms with E-state index in [1.54, 1.807) is 12.1 Å². The van der Waals surface area contributed by atoms with E-state index in [0.717, 1.165) is 25.7 Å². The van der Waals surface area contributed by atoms with Gasteiger partial charge in [0.1, 0.15) is 5.82 Å². The molecule has 108 valence electrons. The maximum absolute atomic E-state index is 13.2. The summed E-state index contributed by atoms with van der Waals surface area (Å²) in [5.74, 6) is -0.285. The summed E-state index contributed by atoms with van der Waals surface area (Å²) in [5, 5.41) is 13.8. The molecule has 0 bridgehead atoms. The number of nitrogens with one attached hydrogen (secondary N) is 1. The van der Waals surface area contributed by atoms with Crippen molar-refractivity contribution in [3.8, 4) is 0 Å². The molecule has 2 rings (SSSR count). The number of piperidine rings is 1. The minimum Gasteiger partial charge on any atom is -0.387 e. The van der Waals surface area contributed by atoms with Crippen LogP contribution in [0.5, 0.6) is 0 Å². The lowest BCUT2D eigenvalue weighted by Gasteiger charge is -2.34. The summed E-state index contributed by atoms with van der Waals surface area (Å²) < 4.78 is 13.2. The molecule has 0 aromatic heterocycles. The molecule has 1 aromatic rings. The van der Waals surface area contributed by atoms with E-state index >= 15 is 0 Å². The van der Waals surface area contributed by atoms with Crippen LogP contribution in [0.2, 0.25) is 0 Å². The molecule has 1 saturated heterocycles. The minimum atomic E-state index is -0.611. The maximum atomic E-state index is 13.2. The van der Waals surface area contributed by atoms with Crippen molar-refractivity contribution < 1.29 is 9.50 Å². The molecule has 4 heteroatoms. The maximum Gasteiger partial charge on any atom is 0.123 e. The van der Waals surface area contributed by atoms with Crippen molar-refractivity contribution in [2.24, 2.45) is 0 Å². The van der Waals surface area contributed by atoms with Crippen LogP contribution in [0, 0.1) is 5.82 Å². The largest absolute Gasteiger partial charge is 0.387 e. The van der Waals surface area contributed by atoms with Crippen LogP contribution in [-0.2, 0) is 0 Å². The lowest BCUT2D eigenvalue weighted by molar-refractivity contribution is 0.0995. The molecule has 1 aliphatic rings. The van der Waals surface area contributed by atoms with Crippen molar-refractivity contribution >= 4 is 12.4 Å². The molecule has 0 amide bonds. The highest BCUT2D eigenvalue weighted by Gasteiger charge is 2.27. The Hall–Kier alpha value is -0.640. The van der Waals surface area contributed by atoms with Crippen molar-refractivity contribution in [3.63, 3.8) is 0 Å². The Bertz CT molecular complexity index is 386. The van der Waals surface area contributed by atoms with Crippen molar-refractivity contribution in [1.82, 2.24) is 5.32 Å². The van der Waals surface area contributed by atoms with Crippen LogP contribution in [0.15, 0.2) is 24.3 Å². The number of halogens is 2. The first-order valence-corrected chi connectivity index (χ1v) is 6.90. The van der Waals surface area contributed by atoms with Crippen LogP contribution in [0.25, 0.3) is 0 Å². The third-order valence-electron chi connectivity index (χ3n) is 3.73. The van der Waals surface area contributed by atoms with Gasteiger partial charge in [-0.15, -0.1) is 12.4 Å². The van der Waals surface area contributed by atoms with E-state index in [2.05, 4.69) is 12.2 Å². The molecule has 19 heavy (non-hydrogen) atoms. The Balaban J connectivity index is 0.00000180. The monoisotopic (exact) mass is 287 g/mol. The lowest BCUT2D eigenvalue weighted by atomic mass is 9.90. The SMILES string of the molecule is CCC[C@@H]1CCC[C@@H]([C@@H](O)c2cccc(F)c2)N1.Cl. The summed E-state index contributed by atoms with van der Waals surface area (Å²) in [5.41, 5.74) is 0.671. The topological polar surface area (TPSA) is 32.3 Å². The van der Waals surface area contributed by atoms with Gasteiger partial charge in [0.2, 0.25) is 0 Å². The molecule has 2 N–H and O–H groups in total. The van der Waals surface area contributed by atoms with Crippen LogP contribution in [0.1, 0.15) is 50.7 Å². The van der Waals surface area contributed by atoms with E-state index in [-0.39, 0.29) is 24.3 Å². The summed E-state index contributed by atoms with van der Waals surface area (Å²) in [6.07, 6.45) is 4.96. The van der Waals surface area contributed by atoms with Crippen LogP contribution in [-0.4, -0.2) is 17.2 Å². The van der Waals surface area contributed by atoms with Crippen molar-refractivity contribution in [2.75, 3.05) is 0 Å². The number of hydrogen-bond acceptors (Lipinski definition) is 2. The molecule has 0 spiro atoms. The van der Waals surface area contributed by atoms with Crippen molar-refractivity contribution in [1.29, 1.82) is 0 Å². The van der Waals surface area contributed by atoms with E-state index in [1.165, 1.54) is 18.6 Å². The summed E-state index contributed by atoms with van der Waals surface area (Å²) >= 11 is 0. The number of hydrogen-bond donors (Lipinski definition) is 2. The molecular formula is C15H23ClFNO. The van der Waals surface area contributed by atoms with Gasteiger partial charge < -0.3 is 10.4 Å². The van der Waals surface area contributed by atoms with Crippen LogP contribution in [0.3, 0.4) is 0 Å². The molecule has 0 radical (unpaired) electrons. The average Bonchev–Trinajstić information content (AvgIpc) is 2.39. The Morgan fingerprint density at radius 1 is 1.42 bits per heavy atom. The predicted molar refractivity (Wildman–Crippen MR) is 78.1 cm³/mol. The van der Waals surface area contributed by atoms with E-state index in [9.17, 15) is 9.50 Å². The van der Waals surface area contributed by atoms with Gasteiger partial charge in [-0.1, -0.05) is 31.9 Å². The van der Waals surface area contributed by atoms with E-state index < -0.39 is 6.10 Å². The molecule has 0 unspecified atom stereocenters. The summed E-state index contributed by atoms with van der Waals surface area (Å²) in [7, 11) is 0. The van der Waals surface area contributed by atoms with Gasteiger partial charge in [-0.25, -0.2) is 4.39 Å². The van der Waals surface area contributed by atoms with Gasteiger partial charge in [0.25, 0.3) is 0 Å². The number of aliphatic hydroxyl groups excluding tert-OH is 1. The van der Waals surface area contributed by atoms with Gasteiger partial charge in [0.05, 0.1) is 6.10 Å². The van der Waals surface area contributed by atoms with Gasteiger partial charge in [-0.05, 0) is 37.0 Å². The molecule has 1 heterocycles. The zero-order valence-corrected chi connectivity index (χ0v) is 12.1. The molecule has 0 aliphatic carbocycles. The summed E-state index contributed by atoms with van der Waals surface area (Å²) in [4.78, 5) is 0.